The van der Waals surface area contributed by atoms with Gasteiger partial charge in [-0.25, -0.2) is 0 Å². The van der Waals surface area contributed by atoms with Gasteiger partial charge in [0.25, 0.3) is 0 Å². The standard InChI is InChI=1S/C9H15NO2S/c1-3-8(4-6-10)13-7-5-9(11)12-2/h8H,3-5,7H2,1-2H3. The van der Waals surface area contributed by atoms with Crippen LogP contribution in [0.2, 0.25) is 0 Å². The average molecular weight is 201 g/mol. The summed E-state index contributed by atoms with van der Waals surface area (Å²) in [6.07, 6.45) is 1.96. The van der Waals surface area contributed by atoms with Gasteiger partial charge >= 0.3 is 5.97 Å². The highest BCUT2D eigenvalue weighted by Gasteiger charge is 2.07. The van der Waals surface area contributed by atoms with E-state index in [1.165, 1.54) is 7.11 Å². The van der Waals surface area contributed by atoms with Gasteiger partial charge in [0.1, 0.15) is 0 Å². The third-order valence-electron chi connectivity index (χ3n) is 1.66. The molecule has 0 aliphatic rings. The maximum atomic E-state index is 10.7. The molecule has 0 aromatic rings. The fourth-order valence-corrected chi connectivity index (χ4v) is 1.88. The van der Waals surface area contributed by atoms with Crippen LogP contribution in [-0.4, -0.2) is 24.1 Å². The lowest BCUT2D eigenvalue weighted by Gasteiger charge is -2.09. The van der Waals surface area contributed by atoms with E-state index in [4.69, 9.17) is 5.26 Å². The van der Waals surface area contributed by atoms with E-state index in [9.17, 15) is 4.79 Å². The predicted octanol–water partition coefficient (Wildman–Crippen LogP) is 1.97. The number of hydrogen-bond acceptors (Lipinski definition) is 4. The van der Waals surface area contributed by atoms with Crippen LogP contribution in [0.1, 0.15) is 26.2 Å². The first-order valence-electron chi connectivity index (χ1n) is 4.30. The van der Waals surface area contributed by atoms with Gasteiger partial charge in [0.15, 0.2) is 0 Å². The highest BCUT2D eigenvalue weighted by molar-refractivity contribution is 7.99. The smallest absolute Gasteiger partial charge is 0.306 e. The van der Waals surface area contributed by atoms with Crippen molar-refractivity contribution in [2.24, 2.45) is 0 Å². The number of nitrogens with zero attached hydrogens (tertiary/aromatic N) is 1. The van der Waals surface area contributed by atoms with Gasteiger partial charge in [-0.2, -0.15) is 17.0 Å². The van der Waals surface area contributed by atoms with Gasteiger partial charge < -0.3 is 4.74 Å². The second kappa shape index (κ2) is 7.93. The fourth-order valence-electron chi connectivity index (χ4n) is 0.834. The Morgan fingerprint density at radius 1 is 1.69 bits per heavy atom. The summed E-state index contributed by atoms with van der Waals surface area (Å²) < 4.78 is 4.51. The number of rotatable bonds is 6. The van der Waals surface area contributed by atoms with E-state index in [-0.39, 0.29) is 5.97 Å². The van der Waals surface area contributed by atoms with E-state index in [0.717, 1.165) is 12.2 Å². The van der Waals surface area contributed by atoms with Crippen molar-refractivity contribution in [1.29, 1.82) is 5.26 Å². The molecule has 74 valence electrons. The second-order valence-electron chi connectivity index (χ2n) is 2.59. The van der Waals surface area contributed by atoms with Crippen LogP contribution >= 0.6 is 11.8 Å². The van der Waals surface area contributed by atoms with Crippen LogP contribution in [0, 0.1) is 11.3 Å². The number of esters is 1. The Morgan fingerprint density at radius 2 is 2.38 bits per heavy atom. The predicted molar refractivity (Wildman–Crippen MR) is 53.4 cm³/mol. The number of ether oxygens (including phenoxy) is 1. The molecule has 0 fully saturated rings. The lowest BCUT2D eigenvalue weighted by molar-refractivity contribution is -0.140. The molecular weight excluding hydrogens is 186 g/mol. The molecule has 0 saturated carbocycles. The third-order valence-corrected chi connectivity index (χ3v) is 3.07. The Labute approximate surface area is 83.4 Å². The monoisotopic (exact) mass is 201 g/mol. The van der Waals surface area contributed by atoms with Gasteiger partial charge in [0.05, 0.1) is 19.6 Å². The minimum Gasteiger partial charge on any atom is -0.469 e. The number of thioether (sulfide) groups is 1. The van der Waals surface area contributed by atoms with E-state index in [0.29, 0.717) is 18.1 Å². The Morgan fingerprint density at radius 3 is 2.85 bits per heavy atom. The molecule has 0 bridgehead atoms. The second-order valence-corrected chi connectivity index (χ2v) is 4.00. The Bertz CT molecular complexity index is 189. The van der Waals surface area contributed by atoms with Gasteiger partial charge in [-0.3, -0.25) is 4.79 Å². The molecule has 0 aliphatic carbocycles. The summed E-state index contributed by atoms with van der Waals surface area (Å²) >= 11 is 1.67. The first-order chi connectivity index (χ1) is 6.24. The molecule has 0 aromatic carbocycles. The van der Waals surface area contributed by atoms with Crippen molar-refractivity contribution in [3.63, 3.8) is 0 Å². The van der Waals surface area contributed by atoms with Crippen molar-refractivity contribution in [1.82, 2.24) is 0 Å². The molecule has 13 heavy (non-hydrogen) atoms. The van der Waals surface area contributed by atoms with E-state index in [1.807, 2.05) is 6.92 Å². The van der Waals surface area contributed by atoms with Gasteiger partial charge in [-0.05, 0) is 6.42 Å². The summed E-state index contributed by atoms with van der Waals surface area (Å²) in [5.74, 6) is 0.562. The minimum atomic E-state index is -0.181. The lowest BCUT2D eigenvalue weighted by atomic mass is 10.3. The van der Waals surface area contributed by atoms with Crippen LogP contribution in [0.15, 0.2) is 0 Å². The van der Waals surface area contributed by atoms with Crippen LogP contribution in [0.3, 0.4) is 0 Å². The SMILES string of the molecule is CCC(CC#N)SCCC(=O)OC. The summed E-state index contributed by atoms with van der Waals surface area (Å²) in [5.41, 5.74) is 0. The molecule has 0 aliphatic heterocycles. The fraction of sp³-hybridized carbons (Fsp3) is 0.778. The van der Waals surface area contributed by atoms with Crippen LogP contribution in [0.25, 0.3) is 0 Å². The number of methoxy groups -OCH3 is 1. The largest absolute Gasteiger partial charge is 0.469 e. The first-order valence-corrected chi connectivity index (χ1v) is 5.34. The number of carbonyl (C=O) groups excluding carboxylic acids is 1. The van der Waals surface area contributed by atoms with Crippen molar-refractivity contribution in [3.8, 4) is 6.07 Å². The van der Waals surface area contributed by atoms with Crippen molar-refractivity contribution < 1.29 is 9.53 Å². The van der Waals surface area contributed by atoms with Crippen molar-refractivity contribution in [2.45, 2.75) is 31.4 Å². The zero-order valence-electron chi connectivity index (χ0n) is 8.08. The summed E-state index contributed by atoms with van der Waals surface area (Å²) in [5, 5.41) is 8.82. The Balaban J connectivity index is 3.50. The summed E-state index contributed by atoms with van der Waals surface area (Å²) in [6.45, 7) is 2.05. The highest BCUT2D eigenvalue weighted by atomic mass is 32.2. The third kappa shape index (κ3) is 6.47. The number of hydrogen-bond donors (Lipinski definition) is 0. The Hall–Kier alpha value is -0.690. The topological polar surface area (TPSA) is 50.1 Å². The van der Waals surface area contributed by atoms with Gasteiger partial charge in [0, 0.05) is 17.4 Å². The van der Waals surface area contributed by atoms with Gasteiger partial charge in [0.2, 0.25) is 0 Å². The van der Waals surface area contributed by atoms with Crippen LogP contribution in [0.5, 0.6) is 0 Å². The van der Waals surface area contributed by atoms with Crippen LogP contribution in [0.4, 0.5) is 0 Å². The molecule has 0 N–H and O–H groups in total. The summed E-state index contributed by atoms with van der Waals surface area (Å²) in [4.78, 5) is 10.7. The average Bonchev–Trinajstić information content (AvgIpc) is 2.16. The summed E-state index contributed by atoms with van der Waals surface area (Å²) in [6, 6.07) is 2.13. The molecule has 0 rings (SSSR count). The molecule has 0 aromatic heterocycles. The maximum absolute atomic E-state index is 10.7. The highest BCUT2D eigenvalue weighted by Crippen LogP contribution is 2.18. The number of nitriles is 1. The summed E-state index contributed by atoms with van der Waals surface area (Å²) in [7, 11) is 1.39. The molecule has 0 spiro atoms. The first kappa shape index (κ1) is 12.3. The molecule has 3 nitrogen and oxygen atoms in total. The lowest BCUT2D eigenvalue weighted by Crippen LogP contribution is -2.05. The Kier molecular flexibility index (Phi) is 7.51. The van der Waals surface area contributed by atoms with Crippen molar-refractivity contribution in [3.05, 3.63) is 0 Å². The van der Waals surface area contributed by atoms with E-state index < -0.39 is 0 Å². The van der Waals surface area contributed by atoms with Gasteiger partial charge in [-0.15, -0.1) is 0 Å². The molecule has 0 radical (unpaired) electrons. The molecule has 1 unspecified atom stereocenters. The van der Waals surface area contributed by atoms with Gasteiger partial charge in [-0.1, -0.05) is 6.92 Å². The molecule has 0 saturated heterocycles. The van der Waals surface area contributed by atoms with E-state index in [1.54, 1.807) is 11.8 Å². The molecular formula is C9H15NO2S. The molecule has 0 heterocycles. The quantitative estimate of drug-likeness (QED) is 0.616. The minimum absolute atomic E-state index is 0.181. The molecule has 1 atom stereocenters. The van der Waals surface area contributed by atoms with Crippen LogP contribution in [-0.2, 0) is 9.53 Å². The van der Waals surface area contributed by atoms with E-state index >= 15 is 0 Å². The normalized spacial score (nSPS) is 11.8. The zero-order chi connectivity index (χ0) is 10.1. The molecule has 4 heteroatoms. The number of carbonyl (C=O) groups is 1. The van der Waals surface area contributed by atoms with Crippen LogP contribution < -0.4 is 0 Å². The van der Waals surface area contributed by atoms with E-state index in [2.05, 4.69) is 10.8 Å². The molecule has 0 amide bonds. The van der Waals surface area contributed by atoms with Crippen molar-refractivity contribution in [2.75, 3.05) is 12.9 Å². The van der Waals surface area contributed by atoms with Crippen molar-refractivity contribution >= 4 is 17.7 Å². The zero-order valence-corrected chi connectivity index (χ0v) is 8.89. The maximum Gasteiger partial charge on any atom is 0.306 e.